The molecule has 0 spiro atoms. The summed E-state index contributed by atoms with van der Waals surface area (Å²) in [4.78, 5) is 24.1. The molecule has 0 heterocycles. The molecule has 0 atom stereocenters. The molecule has 1 amide bonds. The van der Waals surface area contributed by atoms with E-state index in [9.17, 15) is 9.59 Å². The molecular weight excluding hydrogens is 342 g/mol. The Bertz CT molecular complexity index is 743. The molecule has 0 bridgehead atoms. The molecular formula is C22H27NO4. The lowest BCUT2D eigenvalue weighted by atomic mass is 9.92. The first-order chi connectivity index (χ1) is 12.9. The van der Waals surface area contributed by atoms with Gasteiger partial charge in [0.25, 0.3) is 5.91 Å². The molecule has 2 aromatic rings. The number of carbonyl (C=O) groups is 2. The highest BCUT2D eigenvalue weighted by molar-refractivity contribution is 5.94. The Morgan fingerprint density at radius 3 is 2.00 bits per heavy atom. The Balaban J connectivity index is 1.93. The van der Waals surface area contributed by atoms with Crippen molar-refractivity contribution in [3.05, 3.63) is 59.7 Å². The Kier molecular flexibility index (Phi) is 7.41. The molecule has 5 heteroatoms. The minimum atomic E-state index is -0.588. The zero-order valence-corrected chi connectivity index (χ0v) is 16.3. The summed E-state index contributed by atoms with van der Waals surface area (Å²) in [5.41, 5.74) is 2.94. The van der Waals surface area contributed by atoms with E-state index < -0.39 is 5.97 Å². The normalized spacial score (nSPS) is 10.7. The van der Waals surface area contributed by atoms with Crippen LogP contribution in [-0.2, 0) is 14.3 Å². The molecule has 0 aromatic heterocycles. The second kappa shape index (κ2) is 9.76. The molecule has 0 aliphatic rings. The molecule has 0 aliphatic carbocycles. The van der Waals surface area contributed by atoms with Crippen LogP contribution in [0.2, 0.25) is 0 Å². The van der Waals surface area contributed by atoms with E-state index in [0.29, 0.717) is 5.75 Å². The number of ether oxygens (including phenoxy) is 2. The van der Waals surface area contributed by atoms with Crippen LogP contribution in [0.25, 0.3) is 0 Å². The topological polar surface area (TPSA) is 64.6 Å². The predicted molar refractivity (Wildman–Crippen MR) is 106 cm³/mol. The van der Waals surface area contributed by atoms with Crippen LogP contribution in [0.3, 0.4) is 0 Å². The minimum absolute atomic E-state index is 0.239. The van der Waals surface area contributed by atoms with E-state index in [1.165, 1.54) is 0 Å². The number of esters is 1. The van der Waals surface area contributed by atoms with Crippen molar-refractivity contribution in [2.75, 3.05) is 18.5 Å². The van der Waals surface area contributed by atoms with Crippen molar-refractivity contribution in [1.29, 1.82) is 0 Å². The smallest absolute Gasteiger partial charge is 0.344 e. The number of amides is 1. The van der Waals surface area contributed by atoms with Gasteiger partial charge in [-0.25, -0.2) is 4.79 Å². The number of para-hydroxylation sites is 2. The molecule has 144 valence electrons. The van der Waals surface area contributed by atoms with Crippen LogP contribution in [0.1, 0.15) is 50.7 Å². The van der Waals surface area contributed by atoms with Crippen molar-refractivity contribution in [3.63, 3.8) is 0 Å². The zero-order chi connectivity index (χ0) is 19.8. The first-order valence-corrected chi connectivity index (χ1v) is 9.14. The zero-order valence-electron chi connectivity index (χ0n) is 16.3. The second-order valence-corrected chi connectivity index (χ2v) is 6.93. The maximum absolute atomic E-state index is 12.3. The van der Waals surface area contributed by atoms with Crippen molar-refractivity contribution >= 4 is 17.6 Å². The summed E-state index contributed by atoms with van der Waals surface area (Å²) in [7, 11) is 0. The molecule has 2 rings (SSSR count). The minimum Gasteiger partial charge on any atom is -0.482 e. The molecule has 2 aromatic carbocycles. The van der Waals surface area contributed by atoms with Gasteiger partial charge in [0.05, 0.1) is 0 Å². The van der Waals surface area contributed by atoms with E-state index in [-0.39, 0.29) is 31.0 Å². The summed E-state index contributed by atoms with van der Waals surface area (Å²) in [6.45, 7) is 7.73. The highest BCUT2D eigenvalue weighted by atomic mass is 16.6. The highest BCUT2D eigenvalue weighted by Gasteiger charge is 2.17. The lowest BCUT2D eigenvalue weighted by Crippen LogP contribution is -2.24. The van der Waals surface area contributed by atoms with Crippen LogP contribution in [0.5, 0.6) is 5.75 Å². The van der Waals surface area contributed by atoms with Gasteiger partial charge in [-0.3, -0.25) is 4.79 Å². The molecule has 27 heavy (non-hydrogen) atoms. The first kappa shape index (κ1) is 20.5. The maximum Gasteiger partial charge on any atom is 0.344 e. The fraction of sp³-hybridized carbons (Fsp3) is 0.364. The van der Waals surface area contributed by atoms with Gasteiger partial charge in [0, 0.05) is 5.69 Å². The lowest BCUT2D eigenvalue weighted by Gasteiger charge is -2.20. The van der Waals surface area contributed by atoms with Crippen molar-refractivity contribution in [3.8, 4) is 5.75 Å². The average Bonchev–Trinajstić information content (AvgIpc) is 2.65. The molecule has 0 saturated carbocycles. The van der Waals surface area contributed by atoms with Crippen LogP contribution >= 0.6 is 0 Å². The molecule has 5 nitrogen and oxygen atoms in total. The van der Waals surface area contributed by atoms with Gasteiger partial charge in [-0.15, -0.1) is 0 Å². The Morgan fingerprint density at radius 1 is 0.852 bits per heavy atom. The van der Waals surface area contributed by atoms with Gasteiger partial charge >= 0.3 is 5.97 Å². The average molecular weight is 369 g/mol. The van der Waals surface area contributed by atoms with Crippen LogP contribution in [0, 0.1) is 0 Å². The van der Waals surface area contributed by atoms with Crippen LogP contribution < -0.4 is 10.1 Å². The third-order valence-electron chi connectivity index (χ3n) is 4.10. The van der Waals surface area contributed by atoms with E-state index in [1.54, 1.807) is 12.1 Å². The number of rotatable bonds is 8. The first-order valence-electron chi connectivity index (χ1n) is 9.14. The molecule has 0 saturated heterocycles. The van der Waals surface area contributed by atoms with Crippen molar-refractivity contribution < 1.29 is 19.1 Å². The predicted octanol–water partition coefficient (Wildman–Crippen LogP) is 4.49. The van der Waals surface area contributed by atoms with Gasteiger partial charge in [-0.05, 0) is 35.1 Å². The third kappa shape index (κ3) is 6.13. The van der Waals surface area contributed by atoms with E-state index in [4.69, 9.17) is 9.47 Å². The van der Waals surface area contributed by atoms with Crippen molar-refractivity contribution in [2.45, 2.75) is 39.5 Å². The molecule has 0 fully saturated rings. The second-order valence-electron chi connectivity index (χ2n) is 6.93. The Morgan fingerprint density at radius 2 is 1.44 bits per heavy atom. The summed E-state index contributed by atoms with van der Waals surface area (Å²) in [6.07, 6.45) is 0. The number of hydrogen-bond donors (Lipinski definition) is 1. The van der Waals surface area contributed by atoms with Gasteiger partial charge in [0.1, 0.15) is 5.75 Å². The third-order valence-corrected chi connectivity index (χ3v) is 4.10. The molecule has 0 unspecified atom stereocenters. The molecule has 0 aliphatic heterocycles. The maximum atomic E-state index is 12.3. The Labute approximate surface area is 160 Å². The molecule has 1 N–H and O–H groups in total. The number of anilines is 1. The number of benzene rings is 2. The highest BCUT2D eigenvalue weighted by Crippen LogP contribution is 2.32. The number of nitrogens with one attached hydrogen (secondary N) is 1. The van der Waals surface area contributed by atoms with Gasteiger partial charge in [-0.1, -0.05) is 64.1 Å². The fourth-order valence-corrected chi connectivity index (χ4v) is 2.72. The van der Waals surface area contributed by atoms with Crippen LogP contribution in [0.15, 0.2) is 48.5 Å². The van der Waals surface area contributed by atoms with E-state index in [0.717, 1.165) is 16.8 Å². The monoisotopic (exact) mass is 369 g/mol. The number of carbonyl (C=O) groups excluding carboxylic acids is 2. The van der Waals surface area contributed by atoms with Gasteiger partial charge in [-0.2, -0.15) is 0 Å². The fourth-order valence-electron chi connectivity index (χ4n) is 2.72. The van der Waals surface area contributed by atoms with Gasteiger partial charge in [0.15, 0.2) is 13.2 Å². The van der Waals surface area contributed by atoms with E-state index >= 15 is 0 Å². The van der Waals surface area contributed by atoms with Gasteiger partial charge < -0.3 is 14.8 Å². The summed E-state index contributed by atoms with van der Waals surface area (Å²) < 4.78 is 10.3. The summed E-state index contributed by atoms with van der Waals surface area (Å²) in [5, 5.41) is 2.91. The Hall–Kier alpha value is -2.82. The quantitative estimate of drug-likeness (QED) is 0.696. The standard InChI is InChI=1S/C22H27NO4/c1-15(2)18-11-8-12-19(16(3)4)22(18)23-20(24)13-27-21(25)14-26-17-9-6-5-7-10-17/h5-12,15-16H,13-14H2,1-4H3,(H,23,24). The molecule has 0 radical (unpaired) electrons. The number of hydrogen-bond acceptors (Lipinski definition) is 4. The summed E-state index contributed by atoms with van der Waals surface area (Å²) >= 11 is 0. The van der Waals surface area contributed by atoms with Crippen LogP contribution in [-0.4, -0.2) is 25.1 Å². The van der Waals surface area contributed by atoms with E-state index in [2.05, 4.69) is 33.0 Å². The summed E-state index contributed by atoms with van der Waals surface area (Å²) in [6, 6.07) is 15.0. The lowest BCUT2D eigenvalue weighted by molar-refractivity contribution is -0.149. The SMILES string of the molecule is CC(C)c1cccc(C(C)C)c1NC(=O)COC(=O)COc1ccccc1. The van der Waals surface area contributed by atoms with E-state index in [1.807, 2.05) is 36.4 Å². The largest absolute Gasteiger partial charge is 0.482 e. The van der Waals surface area contributed by atoms with Crippen LogP contribution in [0.4, 0.5) is 5.69 Å². The van der Waals surface area contributed by atoms with Crippen molar-refractivity contribution in [1.82, 2.24) is 0 Å². The van der Waals surface area contributed by atoms with Gasteiger partial charge in [0.2, 0.25) is 0 Å². The summed E-state index contributed by atoms with van der Waals surface area (Å²) in [5.74, 6) is 0.154. The van der Waals surface area contributed by atoms with Crippen molar-refractivity contribution in [2.24, 2.45) is 0 Å².